The van der Waals surface area contributed by atoms with Crippen LogP contribution in [0.1, 0.15) is 10.5 Å². The smallest absolute Gasteiger partial charge is 0.269 e. The Morgan fingerprint density at radius 1 is 0.931 bits per heavy atom. The quantitative estimate of drug-likeness (QED) is 0.540. The lowest BCUT2D eigenvalue weighted by atomic mass is 10.2. The van der Waals surface area contributed by atoms with Gasteiger partial charge in [0.05, 0.1) is 38.3 Å². The average Bonchev–Trinajstić information content (AvgIpc) is 2.78. The van der Waals surface area contributed by atoms with Crippen LogP contribution in [0.2, 0.25) is 0 Å². The second-order valence-electron chi connectivity index (χ2n) is 6.04. The molecule has 0 saturated heterocycles. The summed E-state index contributed by atoms with van der Waals surface area (Å²) in [6.07, 6.45) is 1.61. The summed E-state index contributed by atoms with van der Waals surface area (Å²) in [7, 11) is 3.23. The maximum atomic E-state index is 12.2. The van der Waals surface area contributed by atoms with Gasteiger partial charge in [0.15, 0.2) is 0 Å². The fourth-order valence-electron chi connectivity index (χ4n) is 2.60. The van der Waals surface area contributed by atoms with Crippen LogP contribution in [0.3, 0.4) is 0 Å². The van der Waals surface area contributed by atoms with Crippen LogP contribution in [0.15, 0.2) is 66.9 Å². The Morgan fingerprint density at radius 3 is 2.38 bits per heavy atom. The van der Waals surface area contributed by atoms with Gasteiger partial charge in [0.1, 0.15) is 29.5 Å². The normalized spacial score (nSPS) is 10.1. The van der Waals surface area contributed by atoms with E-state index in [1.165, 1.54) is 0 Å². The summed E-state index contributed by atoms with van der Waals surface area (Å²) in [6, 6.07) is 18.3. The van der Waals surface area contributed by atoms with Crippen molar-refractivity contribution in [2.24, 2.45) is 0 Å². The number of amides is 1. The third-order valence-electron chi connectivity index (χ3n) is 4.10. The first-order chi connectivity index (χ1) is 14.2. The fraction of sp³-hybridized carbons (Fsp3) is 0.182. The SMILES string of the molecule is COc1ccc(OCCNC(=O)c2ccc(Nc3ccccc3OC)cn2)cc1. The van der Waals surface area contributed by atoms with Crippen molar-refractivity contribution in [3.05, 3.63) is 72.6 Å². The van der Waals surface area contributed by atoms with Crippen LogP contribution in [-0.2, 0) is 0 Å². The molecule has 0 spiro atoms. The number of hydrogen-bond acceptors (Lipinski definition) is 6. The number of rotatable bonds is 9. The maximum Gasteiger partial charge on any atom is 0.269 e. The third kappa shape index (κ3) is 5.62. The standard InChI is InChI=1S/C22H23N3O4/c1-27-17-8-10-18(11-9-17)29-14-13-23-22(26)20-12-7-16(15-24-20)25-19-5-3-4-6-21(19)28-2/h3-12,15,25H,13-14H2,1-2H3,(H,23,26). The molecule has 0 saturated carbocycles. The lowest BCUT2D eigenvalue weighted by Gasteiger charge is -2.11. The second-order valence-corrected chi connectivity index (χ2v) is 6.04. The van der Waals surface area contributed by atoms with Crippen molar-refractivity contribution in [2.75, 3.05) is 32.7 Å². The first-order valence-electron chi connectivity index (χ1n) is 9.11. The van der Waals surface area contributed by atoms with E-state index in [1.54, 1.807) is 32.5 Å². The largest absolute Gasteiger partial charge is 0.497 e. The summed E-state index contributed by atoms with van der Waals surface area (Å²) < 4.78 is 16.0. The van der Waals surface area contributed by atoms with Crippen LogP contribution >= 0.6 is 0 Å². The van der Waals surface area contributed by atoms with Gasteiger partial charge in [0.25, 0.3) is 5.91 Å². The molecular weight excluding hydrogens is 370 g/mol. The van der Waals surface area contributed by atoms with E-state index in [2.05, 4.69) is 15.6 Å². The summed E-state index contributed by atoms with van der Waals surface area (Å²) >= 11 is 0. The Morgan fingerprint density at radius 2 is 1.69 bits per heavy atom. The summed E-state index contributed by atoms with van der Waals surface area (Å²) in [5.41, 5.74) is 1.92. The first-order valence-corrected chi connectivity index (χ1v) is 9.11. The van der Waals surface area contributed by atoms with E-state index in [1.807, 2.05) is 48.5 Å². The summed E-state index contributed by atoms with van der Waals surface area (Å²) in [5.74, 6) is 1.95. The van der Waals surface area contributed by atoms with Gasteiger partial charge in [-0.2, -0.15) is 0 Å². The van der Waals surface area contributed by atoms with Crippen molar-refractivity contribution < 1.29 is 19.0 Å². The molecule has 3 rings (SSSR count). The highest BCUT2D eigenvalue weighted by molar-refractivity contribution is 5.92. The van der Waals surface area contributed by atoms with Crippen molar-refractivity contribution in [3.8, 4) is 17.2 Å². The number of methoxy groups -OCH3 is 2. The maximum absolute atomic E-state index is 12.2. The average molecular weight is 393 g/mol. The highest BCUT2D eigenvalue weighted by Crippen LogP contribution is 2.26. The number of anilines is 2. The Kier molecular flexibility index (Phi) is 6.89. The minimum atomic E-state index is -0.257. The Bertz CT molecular complexity index is 928. The van der Waals surface area contributed by atoms with Crippen molar-refractivity contribution in [3.63, 3.8) is 0 Å². The molecule has 2 N–H and O–H groups in total. The lowest BCUT2D eigenvalue weighted by Crippen LogP contribution is -2.28. The van der Waals surface area contributed by atoms with E-state index in [0.29, 0.717) is 24.6 Å². The highest BCUT2D eigenvalue weighted by atomic mass is 16.5. The molecule has 150 valence electrons. The number of hydrogen-bond donors (Lipinski definition) is 2. The zero-order valence-corrected chi connectivity index (χ0v) is 16.3. The number of carbonyl (C=O) groups is 1. The minimum Gasteiger partial charge on any atom is -0.497 e. The van der Waals surface area contributed by atoms with Crippen LogP contribution in [0.4, 0.5) is 11.4 Å². The van der Waals surface area contributed by atoms with Crippen molar-refractivity contribution in [1.82, 2.24) is 10.3 Å². The molecule has 2 aromatic carbocycles. The molecule has 29 heavy (non-hydrogen) atoms. The Hall–Kier alpha value is -3.74. The topological polar surface area (TPSA) is 81.7 Å². The highest BCUT2D eigenvalue weighted by Gasteiger charge is 2.08. The number of nitrogens with zero attached hydrogens (tertiary/aromatic N) is 1. The first kappa shape index (κ1) is 20.0. The molecule has 0 aliphatic carbocycles. The number of para-hydroxylation sites is 2. The zero-order valence-electron chi connectivity index (χ0n) is 16.3. The van der Waals surface area contributed by atoms with E-state index in [-0.39, 0.29) is 5.91 Å². The molecule has 7 nitrogen and oxygen atoms in total. The van der Waals surface area contributed by atoms with Gasteiger partial charge in [-0.25, -0.2) is 4.98 Å². The number of nitrogens with one attached hydrogen (secondary N) is 2. The zero-order chi connectivity index (χ0) is 20.5. The minimum absolute atomic E-state index is 0.257. The summed E-state index contributed by atoms with van der Waals surface area (Å²) in [4.78, 5) is 16.4. The van der Waals surface area contributed by atoms with Crippen LogP contribution in [0.5, 0.6) is 17.2 Å². The van der Waals surface area contributed by atoms with Crippen molar-refractivity contribution in [2.45, 2.75) is 0 Å². The predicted octanol–water partition coefficient (Wildman–Crippen LogP) is 3.65. The molecule has 1 heterocycles. The molecule has 0 unspecified atom stereocenters. The fourth-order valence-corrected chi connectivity index (χ4v) is 2.60. The van der Waals surface area contributed by atoms with Gasteiger partial charge in [0.2, 0.25) is 0 Å². The molecule has 3 aromatic rings. The van der Waals surface area contributed by atoms with Gasteiger partial charge in [-0.05, 0) is 48.5 Å². The van der Waals surface area contributed by atoms with Gasteiger partial charge >= 0.3 is 0 Å². The molecule has 1 aromatic heterocycles. The van der Waals surface area contributed by atoms with Gasteiger partial charge in [-0.1, -0.05) is 12.1 Å². The molecule has 1 amide bonds. The third-order valence-corrected chi connectivity index (χ3v) is 4.10. The van der Waals surface area contributed by atoms with E-state index in [0.717, 1.165) is 22.9 Å². The van der Waals surface area contributed by atoms with E-state index in [9.17, 15) is 4.79 Å². The Labute approximate surface area is 169 Å². The number of pyridine rings is 1. The van der Waals surface area contributed by atoms with Crippen LogP contribution < -0.4 is 24.8 Å². The number of ether oxygens (including phenoxy) is 3. The molecule has 0 fully saturated rings. The monoisotopic (exact) mass is 393 g/mol. The molecule has 0 bridgehead atoms. The van der Waals surface area contributed by atoms with Gasteiger partial charge in [-0.15, -0.1) is 0 Å². The second kappa shape index (κ2) is 9.98. The summed E-state index contributed by atoms with van der Waals surface area (Å²) in [5, 5.41) is 6.01. The van der Waals surface area contributed by atoms with Crippen LogP contribution in [-0.4, -0.2) is 38.3 Å². The predicted molar refractivity (Wildman–Crippen MR) is 111 cm³/mol. The van der Waals surface area contributed by atoms with Crippen molar-refractivity contribution >= 4 is 17.3 Å². The lowest BCUT2D eigenvalue weighted by molar-refractivity contribution is 0.0942. The molecular formula is C22H23N3O4. The summed E-state index contributed by atoms with van der Waals surface area (Å²) in [6.45, 7) is 0.721. The number of aromatic nitrogens is 1. The molecule has 0 atom stereocenters. The van der Waals surface area contributed by atoms with Gasteiger partial charge in [-0.3, -0.25) is 4.79 Å². The molecule has 0 radical (unpaired) electrons. The van der Waals surface area contributed by atoms with E-state index in [4.69, 9.17) is 14.2 Å². The molecule has 0 aliphatic heterocycles. The van der Waals surface area contributed by atoms with Crippen LogP contribution in [0, 0.1) is 0 Å². The molecule has 7 heteroatoms. The van der Waals surface area contributed by atoms with Gasteiger partial charge < -0.3 is 24.8 Å². The Balaban J connectivity index is 1.47. The van der Waals surface area contributed by atoms with E-state index >= 15 is 0 Å². The van der Waals surface area contributed by atoms with Gasteiger partial charge in [0, 0.05) is 0 Å². The number of benzene rings is 2. The van der Waals surface area contributed by atoms with Crippen LogP contribution in [0.25, 0.3) is 0 Å². The van der Waals surface area contributed by atoms with E-state index < -0.39 is 0 Å². The number of carbonyl (C=O) groups excluding carboxylic acids is 1. The van der Waals surface area contributed by atoms with Crippen molar-refractivity contribution in [1.29, 1.82) is 0 Å². The molecule has 0 aliphatic rings.